The number of hydrogen-bond acceptors (Lipinski definition) is 7. The fourth-order valence-corrected chi connectivity index (χ4v) is 5.09. The Morgan fingerprint density at radius 3 is 2.12 bits per heavy atom. The van der Waals surface area contributed by atoms with Gasteiger partial charge in [-0.1, -0.05) is 24.3 Å². The molecular formula is C30H31F2N5O5. The minimum Gasteiger partial charge on any atom is -0.492 e. The number of primary amides is 1. The van der Waals surface area contributed by atoms with Crippen LogP contribution in [-0.4, -0.2) is 70.4 Å². The maximum Gasteiger partial charge on any atom is 0.339 e. The van der Waals surface area contributed by atoms with Gasteiger partial charge in [-0.2, -0.15) is 5.06 Å². The van der Waals surface area contributed by atoms with Crippen molar-refractivity contribution in [3.63, 3.8) is 0 Å². The summed E-state index contributed by atoms with van der Waals surface area (Å²) in [6.07, 6.45) is 5.14. The average Bonchev–Trinajstić information content (AvgIpc) is 2.98. The molecule has 1 unspecified atom stereocenters. The first-order valence-corrected chi connectivity index (χ1v) is 13.3. The van der Waals surface area contributed by atoms with Crippen LogP contribution in [0.15, 0.2) is 66.7 Å². The van der Waals surface area contributed by atoms with Crippen molar-refractivity contribution in [3.05, 3.63) is 105 Å². The minimum atomic E-state index is -1.19. The van der Waals surface area contributed by atoms with Crippen LogP contribution in [0.25, 0.3) is 0 Å². The zero-order chi connectivity index (χ0) is 30.2. The van der Waals surface area contributed by atoms with Gasteiger partial charge < -0.3 is 10.5 Å². The molecule has 4 rings (SSSR count). The first-order chi connectivity index (χ1) is 20.2. The molecule has 0 spiro atoms. The van der Waals surface area contributed by atoms with Gasteiger partial charge in [-0.25, -0.2) is 13.6 Å². The van der Waals surface area contributed by atoms with Crippen molar-refractivity contribution in [3.8, 4) is 18.1 Å². The highest BCUT2D eigenvalue weighted by molar-refractivity contribution is 5.71. The predicted molar refractivity (Wildman–Crippen MR) is 151 cm³/mol. The lowest BCUT2D eigenvalue weighted by Crippen LogP contribution is -2.48. The normalized spacial score (nSPS) is 14.7. The molecular weight excluding hydrogens is 548 g/mol. The first kappa shape index (κ1) is 30.4. The second-order valence-corrected chi connectivity index (χ2v) is 9.82. The molecule has 1 fully saturated rings. The number of nitro benzene ring substituents is 1. The molecule has 1 atom stereocenters. The summed E-state index contributed by atoms with van der Waals surface area (Å²) >= 11 is 0. The van der Waals surface area contributed by atoms with E-state index in [2.05, 4.69) is 15.7 Å². The third-order valence-corrected chi connectivity index (χ3v) is 7.21. The lowest BCUT2D eigenvalue weighted by atomic mass is 9.96. The van der Waals surface area contributed by atoms with E-state index in [1.165, 1.54) is 42.5 Å². The smallest absolute Gasteiger partial charge is 0.339 e. The molecule has 0 bridgehead atoms. The molecule has 3 N–H and O–H groups in total. The van der Waals surface area contributed by atoms with Gasteiger partial charge in [0.2, 0.25) is 0 Å². The van der Waals surface area contributed by atoms with Crippen molar-refractivity contribution < 1.29 is 28.4 Å². The van der Waals surface area contributed by atoms with E-state index >= 15 is 0 Å². The predicted octanol–water partition coefficient (Wildman–Crippen LogP) is 4.49. The second-order valence-electron chi connectivity index (χ2n) is 9.82. The van der Waals surface area contributed by atoms with Crippen LogP contribution >= 0.6 is 0 Å². The number of nitrogens with zero attached hydrogens (tertiary/aromatic N) is 4. The van der Waals surface area contributed by atoms with Crippen LogP contribution in [0, 0.1) is 34.1 Å². The summed E-state index contributed by atoms with van der Waals surface area (Å²) in [4.78, 5) is 27.0. The fraction of sp³-hybridized carbons (Fsp3) is 0.300. The number of rotatable bonds is 11. The Balaban J connectivity index is 1.38. The van der Waals surface area contributed by atoms with Gasteiger partial charge in [0.25, 0.3) is 5.69 Å². The fourth-order valence-electron chi connectivity index (χ4n) is 5.09. The number of halogens is 2. The monoisotopic (exact) mass is 579 g/mol. The van der Waals surface area contributed by atoms with Gasteiger partial charge in [-0.15, -0.1) is 12.3 Å². The number of urea groups is 1. The van der Waals surface area contributed by atoms with Crippen molar-refractivity contribution >= 4 is 11.7 Å². The van der Waals surface area contributed by atoms with Gasteiger partial charge in [0, 0.05) is 39.1 Å². The molecule has 42 heavy (non-hydrogen) atoms. The Kier molecular flexibility index (Phi) is 10.0. The summed E-state index contributed by atoms with van der Waals surface area (Å²) in [5.41, 5.74) is 6.62. The number of hydroxylamine groups is 2. The molecule has 10 nitrogen and oxygen atoms in total. The van der Waals surface area contributed by atoms with E-state index in [4.69, 9.17) is 16.9 Å². The van der Waals surface area contributed by atoms with Crippen LogP contribution in [0.3, 0.4) is 0 Å². The van der Waals surface area contributed by atoms with Crippen LogP contribution in [0.4, 0.5) is 19.3 Å². The lowest BCUT2D eigenvalue weighted by molar-refractivity contribution is -0.386. The van der Waals surface area contributed by atoms with Crippen molar-refractivity contribution in [1.82, 2.24) is 14.9 Å². The number of hydrogen-bond donors (Lipinski definition) is 2. The summed E-state index contributed by atoms with van der Waals surface area (Å²) in [5.74, 6) is 1.89. The molecule has 0 radical (unpaired) electrons. The van der Waals surface area contributed by atoms with Crippen molar-refractivity contribution in [2.45, 2.75) is 18.5 Å². The zero-order valence-corrected chi connectivity index (χ0v) is 22.7. The Hall–Kier alpha value is -4.57. The van der Waals surface area contributed by atoms with Crippen LogP contribution in [0.2, 0.25) is 0 Å². The van der Waals surface area contributed by atoms with Gasteiger partial charge in [0.15, 0.2) is 0 Å². The second kappa shape index (κ2) is 13.9. The summed E-state index contributed by atoms with van der Waals surface area (Å²) in [7, 11) is 0. The summed E-state index contributed by atoms with van der Waals surface area (Å²) in [5, 5.41) is 21.9. The van der Waals surface area contributed by atoms with Crippen LogP contribution in [0.5, 0.6) is 5.75 Å². The standard InChI is InChI=1S/C30H31F2N5O5/c1-2-3-27(36(39)30(33)38)26-13-12-25(20-28(26)37(40)41)42-19-18-34-14-16-35(17-15-34)29(21-4-8-23(31)9-5-21)22-6-10-24(32)11-7-22/h1,4-13,20,27,29,39H,3,14-19H2,(H2,33,38). The third-order valence-electron chi connectivity index (χ3n) is 7.21. The van der Waals surface area contributed by atoms with Gasteiger partial charge in [0.1, 0.15) is 30.0 Å². The number of ether oxygens (including phenoxy) is 1. The quantitative estimate of drug-likeness (QED) is 0.148. The Labute approximate surface area is 242 Å². The maximum atomic E-state index is 13.6. The molecule has 2 amide bonds. The number of amides is 2. The number of carbonyl (C=O) groups is 1. The Morgan fingerprint density at radius 2 is 1.62 bits per heavy atom. The van der Waals surface area contributed by atoms with Crippen molar-refractivity contribution in [2.24, 2.45) is 5.73 Å². The first-order valence-electron chi connectivity index (χ1n) is 13.3. The largest absolute Gasteiger partial charge is 0.492 e. The maximum absolute atomic E-state index is 13.6. The summed E-state index contributed by atoms with van der Waals surface area (Å²) in [6.45, 7) is 3.66. The number of benzene rings is 3. The highest BCUT2D eigenvalue weighted by Gasteiger charge is 2.30. The number of piperazine rings is 1. The molecule has 0 aliphatic carbocycles. The van der Waals surface area contributed by atoms with E-state index in [1.807, 2.05) is 0 Å². The molecule has 1 aliphatic rings. The topological polar surface area (TPSA) is 125 Å². The molecule has 220 valence electrons. The van der Waals surface area contributed by atoms with Gasteiger partial charge in [0.05, 0.1) is 22.6 Å². The molecule has 3 aromatic carbocycles. The number of terminal acetylenes is 1. The molecule has 1 heterocycles. The lowest BCUT2D eigenvalue weighted by Gasteiger charge is -2.39. The van der Waals surface area contributed by atoms with Gasteiger partial charge in [-0.3, -0.25) is 25.1 Å². The zero-order valence-electron chi connectivity index (χ0n) is 22.7. The minimum absolute atomic E-state index is 0.0274. The highest BCUT2D eigenvalue weighted by atomic mass is 19.1. The van der Waals surface area contributed by atoms with Gasteiger partial charge >= 0.3 is 6.03 Å². The van der Waals surface area contributed by atoms with E-state index in [-0.39, 0.29) is 52.8 Å². The Morgan fingerprint density at radius 1 is 1.05 bits per heavy atom. The average molecular weight is 580 g/mol. The molecule has 1 aliphatic heterocycles. The molecule has 12 heteroatoms. The summed E-state index contributed by atoms with van der Waals surface area (Å²) in [6, 6.07) is 14.2. The molecule has 3 aromatic rings. The number of nitrogens with two attached hydrogens (primary N) is 1. The van der Waals surface area contributed by atoms with Crippen LogP contribution in [-0.2, 0) is 0 Å². The van der Waals surface area contributed by atoms with E-state index in [0.29, 0.717) is 32.7 Å². The highest BCUT2D eigenvalue weighted by Crippen LogP contribution is 2.34. The van der Waals surface area contributed by atoms with E-state index in [1.54, 1.807) is 24.3 Å². The number of nitro groups is 1. The molecule has 0 saturated carbocycles. The van der Waals surface area contributed by atoms with E-state index < -0.39 is 17.0 Å². The van der Waals surface area contributed by atoms with E-state index in [0.717, 1.165) is 11.1 Å². The Bertz CT molecular complexity index is 1380. The number of carbonyl (C=O) groups excluding carboxylic acids is 1. The molecule has 0 aromatic heterocycles. The van der Waals surface area contributed by atoms with Crippen molar-refractivity contribution in [1.29, 1.82) is 0 Å². The third kappa shape index (κ3) is 7.38. The van der Waals surface area contributed by atoms with Crippen LogP contribution in [0.1, 0.15) is 35.2 Å². The summed E-state index contributed by atoms with van der Waals surface area (Å²) < 4.78 is 33.0. The van der Waals surface area contributed by atoms with Crippen molar-refractivity contribution in [2.75, 3.05) is 39.3 Å². The van der Waals surface area contributed by atoms with Crippen LogP contribution < -0.4 is 10.5 Å². The van der Waals surface area contributed by atoms with E-state index in [9.17, 15) is 28.9 Å². The molecule has 1 saturated heterocycles. The van der Waals surface area contributed by atoms with Gasteiger partial charge in [-0.05, 0) is 47.5 Å². The SMILES string of the molecule is C#CCC(c1ccc(OCCN2CCN(C(c3ccc(F)cc3)c3ccc(F)cc3)CC2)cc1[N+](=O)[O-])N(O)C(N)=O.